The van der Waals surface area contributed by atoms with Crippen LogP contribution >= 0.6 is 0 Å². The van der Waals surface area contributed by atoms with E-state index in [1.807, 2.05) is 19.2 Å². The lowest BCUT2D eigenvalue weighted by molar-refractivity contribution is 0.143. The molecule has 0 aromatic carbocycles. The Balaban J connectivity index is 2.38. The van der Waals surface area contributed by atoms with Crippen molar-refractivity contribution in [3.8, 4) is 0 Å². The fourth-order valence-corrected chi connectivity index (χ4v) is 1.86. The van der Waals surface area contributed by atoms with Crippen molar-refractivity contribution < 1.29 is 4.74 Å². The van der Waals surface area contributed by atoms with Crippen LogP contribution in [0.25, 0.3) is 0 Å². The van der Waals surface area contributed by atoms with Crippen LogP contribution in [0.2, 0.25) is 0 Å². The SMILES string of the molecule is CCNC(=NCc1ncccc1C)NCCCCOCC. The fourth-order valence-electron chi connectivity index (χ4n) is 1.86. The van der Waals surface area contributed by atoms with Gasteiger partial charge in [-0.2, -0.15) is 0 Å². The van der Waals surface area contributed by atoms with Gasteiger partial charge in [-0.25, -0.2) is 4.99 Å². The molecule has 0 unspecified atom stereocenters. The van der Waals surface area contributed by atoms with E-state index in [1.165, 1.54) is 5.56 Å². The van der Waals surface area contributed by atoms with Gasteiger partial charge in [0.25, 0.3) is 0 Å². The predicted molar refractivity (Wildman–Crippen MR) is 87.5 cm³/mol. The first-order valence-electron chi connectivity index (χ1n) is 7.78. The zero-order valence-electron chi connectivity index (χ0n) is 13.5. The summed E-state index contributed by atoms with van der Waals surface area (Å²) in [6.07, 6.45) is 3.96. The van der Waals surface area contributed by atoms with Crippen LogP contribution in [-0.4, -0.2) is 37.2 Å². The van der Waals surface area contributed by atoms with Crippen molar-refractivity contribution in [3.05, 3.63) is 29.6 Å². The van der Waals surface area contributed by atoms with Crippen LogP contribution < -0.4 is 10.6 Å². The first-order valence-corrected chi connectivity index (χ1v) is 7.78. The number of pyridine rings is 1. The van der Waals surface area contributed by atoms with E-state index in [0.29, 0.717) is 6.54 Å². The van der Waals surface area contributed by atoms with Crippen molar-refractivity contribution in [2.45, 2.75) is 40.2 Å². The number of guanidine groups is 1. The molecule has 0 saturated heterocycles. The van der Waals surface area contributed by atoms with Gasteiger partial charge in [0.15, 0.2) is 5.96 Å². The smallest absolute Gasteiger partial charge is 0.191 e. The number of unbranched alkanes of at least 4 members (excludes halogenated alkanes) is 1. The largest absolute Gasteiger partial charge is 0.382 e. The quantitative estimate of drug-likeness (QED) is 0.416. The van der Waals surface area contributed by atoms with Gasteiger partial charge in [0.05, 0.1) is 12.2 Å². The molecular formula is C16H28N4O. The molecule has 5 nitrogen and oxygen atoms in total. The van der Waals surface area contributed by atoms with Gasteiger partial charge in [-0.05, 0) is 45.2 Å². The minimum Gasteiger partial charge on any atom is -0.382 e. The molecule has 118 valence electrons. The number of rotatable bonds is 9. The number of hydrogen-bond donors (Lipinski definition) is 2. The van der Waals surface area contributed by atoms with Gasteiger partial charge < -0.3 is 15.4 Å². The lowest BCUT2D eigenvalue weighted by atomic mass is 10.2. The molecule has 0 atom stereocenters. The molecule has 0 amide bonds. The number of aliphatic imine (C=N–C) groups is 1. The Labute approximate surface area is 128 Å². The standard InChI is InChI=1S/C16H28N4O/c1-4-17-16(19-10-6-7-12-21-5-2)20-13-15-14(3)9-8-11-18-15/h8-9,11H,4-7,10,12-13H2,1-3H3,(H2,17,19,20). The third kappa shape index (κ3) is 7.66. The van der Waals surface area contributed by atoms with E-state index in [4.69, 9.17) is 4.74 Å². The van der Waals surface area contributed by atoms with Gasteiger partial charge in [-0.3, -0.25) is 4.98 Å². The van der Waals surface area contributed by atoms with Gasteiger partial charge in [-0.15, -0.1) is 0 Å². The number of aryl methyl sites for hydroxylation is 1. The highest BCUT2D eigenvalue weighted by Gasteiger charge is 2.00. The van der Waals surface area contributed by atoms with Crippen LogP contribution in [0.15, 0.2) is 23.3 Å². The van der Waals surface area contributed by atoms with Crippen LogP contribution in [0, 0.1) is 6.92 Å². The van der Waals surface area contributed by atoms with Crippen molar-refractivity contribution in [2.24, 2.45) is 4.99 Å². The molecule has 0 fully saturated rings. The number of nitrogens with one attached hydrogen (secondary N) is 2. The fraction of sp³-hybridized carbons (Fsp3) is 0.625. The van der Waals surface area contributed by atoms with Gasteiger partial charge in [0, 0.05) is 32.5 Å². The third-order valence-electron chi connectivity index (χ3n) is 3.06. The monoisotopic (exact) mass is 292 g/mol. The zero-order valence-corrected chi connectivity index (χ0v) is 13.5. The van der Waals surface area contributed by atoms with Gasteiger partial charge in [0.2, 0.25) is 0 Å². The first-order chi connectivity index (χ1) is 10.3. The van der Waals surface area contributed by atoms with Crippen molar-refractivity contribution >= 4 is 5.96 Å². The average Bonchev–Trinajstić information content (AvgIpc) is 2.49. The van der Waals surface area contributed by atoms with E-state index in [0.717, 1.165) is 50.8 Å². The molecule has 0 aliphatic carbocycles. The normalized spacial score (nSPS) is 11.5. The molecule has 0 aliphatic rings. The zero-order chi connectivity index (χ0) is 15.3. The highest BCUT2D eigenvalue weighted by atomic mass is 16.5. The predicted octanol–water partition coefficient (Wildman–Crippen LogP) is 2.26. The van der Waals surface area contributed by atoms with E-state index >= 15 is 0 Å². The highest BCUT2D eigenvalue weighted by molar-refractivity contribution is 5.79. The molecular weight excluding hydrogens is 264 g/mol. The molecule has 21 heavy (non-hydrogen) atoms. The Hall–Kier alpha value is -1.62. The molecule has 2 N–H and O–H groups in total. The molecule has 1 heterocycles. The van der Waals surface area contributed by atoms with Crippen molar-refractivity contribution in [2.75, 3.05) is 26.3 Å². The lowest BCUT2D eigenvalue weighted by Crippen LogP contribution is -2.37. The van der Waals surface area contributed by atoms with E-state index < -0.39 is 0 Å². The van der Waals surface area contributed by atoms with Crippen molar-refractivity contribution in [1.82, 2.24) is 15.6 Å². The van der Waals surface area contributed by atoms with Crippen LogP contribution in [-0.2, 0) is 11.3 Å². The second-order valence-electron chi connectivity index (χ2n) is 4.79. The van der Waals surface area contributed by atoms with Crippen LogP contribution in [0.3, 0.4) is 0 Å². The molecule has 0 saturated carbocycles. The molecule has 0 aliphatic heterocycles. The Kier molecular flexibility index (Phi) is 9.20. The Morgan fingerprint density at radius 2 is 2.14 bits per heavy atom. The lowest BCUT2D eigenvalue weighted by Gasteiger charge is -2.11. The molecule has 0 spiro atoms. The van der Waals surface area contributed by atoms with E-state index in [1.54, 1.807) is 0 Å². The maximum Gasteiger partial charge on any atom is 0.191 e. The van der Waals surface area contributed by atoms with Gasteiger partial charge in [-0.1, -0.05) is 6.07 Å². The molecule has 1 rings (SSSR count). The maximum atomic E-state index is 5.32. The van der Waals surface area contributed by atoms with E-state index in [-0.39, 0.29) is 0 Å². The molecule has 1 aromatic rings. The van der Waals surface area contributed by atoms with Crippen LogP contribution in [0.1, 0.15) is 37.9 Å². The first kappa shape index (κ1) is 17.4. The van der Waals surface area contributed by atoms with Crippen molar-refractivity contribution in [3.63, 3.8) is 0 Å². The Morgan fingerprint density at radius 3 is 2.86 bits per heavy atom. The summed E-state index contributed by atoms with van der Waals surface area (Å²) >= 11 is 0. The summed E-state index contributed by atoms with van der Waals surface area (Å²) in [5.41, 5.74) is 2.19. The molecule has 5 heteroatoms. The summed E-state index contributed by atoms with van der Waals surface area (Å²) in [6, 6.07) is 4.01. The van der Waals surface area contributed by atoms with Crippen LogP contribution in [0.4, 0.5) is 0 Å². The summed E-state index contributed by atoms with van der Waals surface area (Å²) in [5.74, 6) is 0.846. The summed E-state index contributed by atoms with van der Waals surface area (Å²) in [4.78, 5) is 8.94. The minimum absolute atomic E-state index is 0.598. The molecule has 0 radical (unpaired) electrons. The van der Waals surface area contributed by atoms with Crippen molar-refractivity contribution in [1.29, 1.82) is 0 Å². The Morgan fingerprint density at radius 1 is 1.29 bits per heavy atom. The second kappa shape index (κ2) is 11.1. The highest BCUT2D eigenvalue weighted by Crippen LogP contribution is 2.04. The topological polar surface area (TPSA) is 58.5 Å². The van der Waals surface area contributed by atoms with Gasteiger partial charge in [0.1, 0.15) is 0 Å². The molecule has 1 aromatic heterocycles. The number of aromatic nitrogens is 1. The summed E-state index contributed by atoms with van der Waals surface area (Å²) in [7, 11) is 0. The average molecular weight is 292 g/mol. The number of ether oxygens (including phenoxy) is 1. The second-order valence-corrected chi connectivity index (χ2v) is 4.79. The van der Waals surface area contributed by atoms with Crippen LogP contribution in [0.5, 0.6) is 0 Å². The minimum atomic E-state index is 0.598. The van der Waals surface area contributed by atoms with E-state index in [2.05, 4.69) is 40.5 Å². The Bertz CT molecular complexity index is 420. The summed E-state index contributed by atoms with van der Waals surface area (Å²) in [5, 5.41) is 6.60. The third-order valence-corrected chi connectivity index (χ3v) is 3.06. The number of nitrogens with zero attached hydrogens (tertiary/aromatic N) is 2. The van der Waals surface area contributed by atoms with Gasteiger partial charge >= 0.3 is 0 Å². The summed E-state index contributed by atoms with van der Waals surface area (Å²) < 4.78 is 5.32. The maximum absolute atomic E-state index is 5.32. The van der Waals surface area contributed by atoms with E-state index in [9.17, 15) is 0 Å². The summed E-state index contributed by atoms with van der Waals surface area (Å²) in [6.45, 7) is 10.1. The molecule has 0 bridgehead atoms. The number of hydrogen-bond acceptors (Lipinski definition) is 3.